The van der Waals surface area contributed by atoms with Crippen LogP contribution in [0.4, 0.5) is 0 Å². The normalized spacial score (nSPS) is 2.25. The zero-order chi connectivity index (χ0) is 6.00. The molecular weight excluding hydrogens is 219 g/mol. The van der Waals surface area contributed by atoms with Crippen LogP contribution in [-0.4, -0.2) is 24.4 Å². The van der Waals surface area contributed by atoms with Gasteiger partial charge in [0.05, 0.1) is 0 Å². The van der Waals surface area contributed by atoms with Crippen molar-refractivity contribution in [2.75, 3.05) is 14.2 Å². The van der Waals surface area contributed by atoms with E-state index < -0.39 is 0 Å². The molecule has 0 saturated heterocycles. The number of hydrogen-bond donors (Lipinski definition) is 2. The number of aliphatic hydroxyl groups excluding tert-OH is 2. The van der Waals surface area contributed by atoms with E-state index in [1.165, 1.54) is 0 Å². The molecule has 0 rings (SSSR count). The Morgan fingerprint density at radius 1 is 0.750 bits per heavy atom. The predicted octanol–water partition coefficient (Wildman–Crippen LogP) is 0.819. The molecule has 0 unspecified atom stereocenters. The van der Waals surface area contributed by atoms with E-state index in [4.69, 9.17) is 10.2 Å². The Balaban J connectivity index is -0.00000000500. The molecule has 4 heteroatoms. The quantitative estimate of drug-likeness (QED) is 0.609. The average Bonchev–Trinajstić information content (AvgIpc) is 1.81. The van der Waals surface area contributed by atoms with Crippen molar-refractivity contribution in [3.63, 3.8) is 0 Å². The summed E-state index contributed by atoms with van der Waals surface area (Å²) in [5.41, 5.74) is 0. The minimum absolute atomic E-state index is 0. The molecule has 0 aromatic heterocycles. The summed E-state index contributed by atoms with van der Waals surface area (Å²) in [5.74, 6) is 0. The molecule has 0 aliphatic heterocycles. The molecular formula is C4H15BrNiO2. The molecule has 8 heavy (non-hydrogen) atoms. The molecule has 0 fully saturated rings. The Hall–Kier alpha value is 0.894. The van der Waals surface area contributed by atoms with Crippen molar-refractivity contribution in [3.05, 3.63) is 0 Å². The maximum atomic E-state index is 7.00. The summed E-state index contributed by atoms with van der Waals surface area (Å²) in [7, 11) is 2.00. The van der Waals surface area contributed by atoms with E-state index in [0.29, 0.717) is 0 Å². The van der Waals surface area contributed by atoms with Crippen molar-refractivity contribution < 1.29 is 26.7 Å². The van der Waals surface area contributed by atoms with Crippen molar-refractivity contribution in [1.29, 1.82) is 0 Å². The maximum absolute atomic E-state index is 7.00. The Morgan fingerprint density at radius 2 is 0.750 bits per heavy atom. The van der Waals surface area contributed by atoms with Crippen molar-refractivity contribution >= 4 is 17.0 Å². The molecule has 0 saturated carbocycles. The third-order valence-electron chi connectivity index (χ3n) is 0. The maximum Gasteiger partial charge on any atom is 0.0319 e. The van der Waals surface area contributed by atoms with Gasteiger partial charge in [0, 0.05) is 30.7 Å². The first kappa shape index (κ1) is 36.6. The molecule has 0 aromatic carbocycles. The van der Waals surface area contributed by atoms with E-state index >= 15 is 0 Å². The van der Waals surface area contributed by atoms with E-state index in [9.17, 15) is 0 Å². The van der Waals surface area contributed by atoms with Crippen molar-refractivity contribution in [2.45, 2.75) is 13.8 Å². The van der Waals surface area contributed by atoms with Crippen LogP contribution in [0.25, 0.3) is 0 Å². The summed E-state index contributed by atoms with van der Waals surface area (Å²) in [4.78, 5) is 0. The standard InChI is InChI=1S/C2H6.2CH4O.BrH.Ni/c3*1-2;;/h1-2H3;2*2H,1H3;1H;. The molecule has 2 N–H and O–H groups in total. The number of aliphatic hydroxyl groups is 2. The number of halogens is 1. The van der Waals surface area contributed by atoms with Gasteiger partial charge in [0.25, 0.3) is 0 Å². The first-order chi connectivity index (χ1) is 3.00. The topological polar surface area (TPSA) is 40.5 Å². The first-order valence-corrected chi connectivity index (χ1v) is 1.89. The Kier molecular flexibility index (Phi) is 2150. The van der Waals surface area contributed by atoms with E-state index in [1.54, 1.807) is 0 Å². The molecule has 0 aromatic rings. The van der Waals surface area contributed by atoms with Crippen LogP contribution in [0, 0.1) is 0 Å². The van der Waals surface area contributed by atoms with Crippen LogP contribution >= 0.6 is 17.0 Å². The van der Waals surface area contributed by atoms with E-state index in [0.717, 1.165) is 14.2 Å². The molecule has 0 amide bonds. The first-order valence-electron chi connectivity index (χ1n) is 1.89. The van der Waals surface area contributed by atoms with Crippen LogP contribution in [-0.2, 0) is 16.5 Å². The van der Waals surface area contributed by atoms with Gasteiger partial charge in [-0.2, -0.15) is 0 Å². The summed E-state index contributed by atoms with van der Waals surface area (Å²) in [6.45, 7) is 4.00. The zero-order valence-electron chi connectivity index (χ0n) is 5.62. The van der Waals surface area contributed by atoms with Crippen LogP contribution in [0.3, 0.4) is 0 Å². The van der Waals surface area contributed by atoms with Gasteiger partial charge in [-0.3, -0.25) is 0 Å². The third kappa shape index (κ3) is 300. The number of hydrogen-bond acceptors (Lipinski definition) is 2. The van der Waals surface area contributed by atoms with Gasteiger partial charge in [0.15, 0.2) is 0 Å². The third-order valence-corrected chi connectivity index (χ3v) is 0. The van der Waals surface area contributed by atoms with Crippen LogP contribution < -0.4 is 0 Å². The summed E-state index contributed by atoms with van der Waals surface area (Å²) in [5, 5.41) is 14.0. The average molecular weight is 234 g/mol. The molecule has 0 atom stereocenters. The van der Waals surface area contributed by atoms with E-state index in [1.807, 2.05) is 13.8 Å². The van der Waals surface area contributed by atoms with Gasteiger partial charge < -0.3 is 10.2 Å². The minimum atomic E-state index is 0. The van der Waals surface area contributed by atoms with Crippen molar-refractivity contribution in [3.8, 4) is 0 Å². The van der Waals surface area contributed by atoms with Crippen LogP contribution in [0.15, 0.2) is 0 Å². The minimum Gasteiger partial charge on any atom is -0.400 e. The fraction of sp³-hybridized carbons (Fsp3) is 1.00. The number of rotatable bonds is 0. The van der Waals surface area contributed by atoms with Gasteiger partial charge in [-0.05, 0) is 0 Å². The van der Waals surface area contributed by atoms with Gasteiger partial charge in [-0.1, -0.05) is 13.8 Å². The summed E-state index contributed by atoms with van der Waals surface area (Å²) >= 11 is 0. The van der Waals surface area contributed by atoms with Crippen molar-refractivity contribution in [1.82, 2.24) is 0 Å². The van der Waals surface area contributed by atoms with Crippen LogP contribution in [0.5, 0.6) is 0 Å². The van der Waals surface area contributed by atoms with Crippen LogP contribution in [0.1, 0.15) is 13.8 Å². The van der Waals surface area contributed by atoms with Gasteiger partial charge in [0.2, 0.25) is 0 Å². The summed E-state index contributed by atoms with van der Waals surface area (Å²) < 4.78 is 0. The van der Waals surface area contributed by atoms with Crippen LogP contribution in [0.2, 0.25) is 0 Å². The monoisotopic (exact) mass is 232 g/mol. The SMILES string of the molecule is Br.CC.CO.CO.[Ni]. The largest absolute Gasteiger partial charge is 0.400 e. The Labute approximate surface area is 72.0 Å². The zero-order valence-corrected chi connectivity index (χ0v) is 8.32. The van der Waals surface area contributed by atoms with Crippen molar-refractivity contribution in [2.24, 2.45) is 0 Å². The smallest absolute Gasteiger partial charge is 0.0319 e. The molecule has 0 radical (unpaired) electrons. The second-order valence-corrected chi connectivity index (χ2v) is 0. The second-order valence-electron chi connectivity index (χ2n) is 0. The Bertz CT molecular complexity index is 14.0. The van der Waals surface area contributed by atoms with E-state index in [2.05, 4.69) is 0 Å². The molecule has 60 valence electrons. The second kappa shape index (κ2) is 470. The molecule has 0 aliphatic carbocycles. The molecule has 0 spiro atoms. The van der Waals surface area contributed by atoms with Gasteiger partial charge in [0.1, 0.15) is 0 Å². The Morgan fingerprint density at radius 3 is 0.750 bits per heavy atom. The van der Waals surface area contributed by atoms with Gasteiger partial charge >= 0.3 is 0 Å². The fourth-order valence-electron chi connectivity index (χ4n) is 0. The summed E-state index contributed by atoms with van der Waals surface area (Å²) in [6, 6.07) is 0. The molecule has 0 bridgehead atoms. The predicted molar refractivity (Wildman–Crippen MR) is 38.0 cm³/mol. The summed E-state index contributed by atoms with van der Waals surface area (Å²) in [6.07, 6.45) is 0. The fourth-order valence-corrected chi connectivity index (χ4v) is 0. The van der Waals surface area contributed by atoms with Gasteiger partial charge in [-0.15, -0.1) is 17.0 Å². The molecule has 0 aliphatic rings. The van der Waals surface area contributed by atoms with E-state index in [-0.39, 0.29) is 33.5 Å². The molecule has 0 heterocycles. The van der Waals surface area contributed by atoms with Gasteiger partial charge in [-0.25, -0.2) is 0 Å². The molecule has 2 nitrogen and oxygen atoms in total.